The fourth-order valence-corrected chi connectivity index (χ4v) is 1.80. The van der Waals surface area contributed by atoms with Crippen molar-refractivity contribution >= 4 is 11.9 Å². The van der Waals surface area contributed by atoms with Gasteiger partial charge in [-0.2, -0.15) is 5.10 Å². The average Bonchev–Trinajstić information content (AvgIpc) is 2.55. The lowest BCUT2D eigenvalue weighted by atomic mass is 10.2. The molecule has 0 saturated carbocycles. The molecular weight excluding hydrogens is 283 g/mol. The van der Waals surface area contributed by atoms with Gasteiger partial charge in [-0.05, 0) is 54.4 Å². The summed E-state index contributed by atoms with van der Waals surface area (Å²) in [7, 11) is 1.60. The SMILES string of the molecule is CCCOc1ccc(/C=N\Nc2ccc(F)cc2)cc1OC. The summed E-state index contributed by atoms with van der Waals surface area (Å²) in [4.78, 5) is 0. The molecule has 0 bridgehead atoms. The number of benzene rings is 2. The molecule has 0 heterocycles. The summed E-state index contributed by atoms with van der Waals surface area (Å²) in [6.45, 7) is 2.70. The zero-order valence-electron chi connectivity index (χ0n) is 12.7. The van der Waals surface area contributed by atoms with E-state index in [1.165, 1.54) is 12.1 Å². The molecule has 2 aromatic carbocycles. The minimum atomic E-state index is -0.276. The van der Waals surface area contributed by atoms with Crippen LogP contribution >= 0.6 is 0 Å². The number of nitrogens with one attached hydrogen (secondary N) is 1. The summed E-state index contributed by atoms with van der Waals surface area (Å²) in [6.07, 6.45) is 2.60. The smallest absolute Gasteiger partial charge is 0.161 e. The second kappa shape index (κ2) is 8.02. The highest BCUT2D eigenvalue weighted by molar-refractivity contribution is 5.81. The zero-order valence-corrected chi connectivity index (χ0v) is 12.7. The summed E-state index contributed by atoms with van der Waals surface area (Å²) in [5.41, 5.74) is 4.42. The number of anilines is 1. The van der Waals surface area contributed by atoms with Gasteiger partial charge in [0.25, 0.3) is 0 Å². The van der Waals surface area contributed by atoms with Crippen LogP contribution in [0.1, 0.15) is 18.9 Å². The molecule has 0 amide bonds. The summed E-state index contributed by atoms with van der Waals surface area (Å²) in [5.74, 6) is 1.11. The van der Waals surface area contributed by atoms with Crippen LogP contribution in [0.5, 0.6) is 11.5 Å². The molecule has 0 spiro atoms. The van der Waals surface area contributed by atoms with Crippen molar-refractivity contribution in [3.8, 4) is 11.5 Å². The highest BCUT2D eigenvalue weighted by Gasteiger charge is 2.04. The molecule has 0 aromatic heterocycles. The van der Waals surface area contributed by atoms with Gasteiger partial charge in [0, 0.05) is 0 Å². The maximum absolute atomic E-state index is 12.8. The Morgan fingerprint density at radius 1 is 1.14 bits per heavy atom. The molecule has 0 saturated heterocycles. The van der Waals surface area contributed by atoms with Gasteiger partial charge in [0.15, 0.2) is 11.5 Å². The third-order valence-corrected chi connectivity index (χ3v) is 2.90. The first-order chi connectivity index (χ1) is 10.7. The quantitative estimate of drug-likeness (QED) is 0.619. The molecule has 5 heteroatoms. The molecule has 2 aromatic rings. The first-order valence-electron chi connectivity index (χ1n) is 7.08. The Labute approximate surface area is 129 Å². The average molecular weight is 302 g/mol. The maximum atomic E-state index is 12.8. The standard InChI is InChI=1S/C17H19FN2O2/c1-3-10-22-16-9-4-13(11-17(16)21-2)12-19-20-15-7-5-14(18)6-8-15/h4-9,11-12,20H,3,10H2,1-2H3/b19-12-. The zero-order chi connectivity index (χ0) is 15.8. The van der Waals surface area contributed by atoms with Gasteiger partial charge in [-0.15, -0.1) is 0 Å². The van der Waals surface area contributed by atoms with Gasteiger partial charge in [0.2, 0.25) is 0 Å². The van der Waals surface area contributed by atoms with E-state index in [1.807, 2.05) is 18.2 Å². The van der Waals surface area contributed by atoms with Crippen LogP contribution in [0.25, 0.3) is 0 Å². The number of rotatable bonds is 7. The largest absolute Gasteiger partial charge is 0.493 e. The molecule has 0 atom stereocenters. The number of hydrogen-bond acceptors (Lipinski definition) is 4. The normalized spacial score (nSPS) is 10.7. The van der Waals surface area contributed by atoms with E-state index in [-0.39, 0.29) is 5.82 Å². The number of hydrazone groups is 1. The van der Waals surface area contributed by atoms with Crippen LogP contribution in [-0.2, 0) is 0 Å². The molecule has 0 aliphatic heterocycles. The fourth-order valence-electron chi connectivity index (χ4n) is 1.80. The molecule has 0 aliphatic rings. The molecular formula is C17H19FN2O2. The molecule has 0 radical (unpaired) electrons. The highest BCUT2D eigenvalue weighted by atomic mass is 19.1. The summed E-state index contributed by atoms with van der Waals surface area (Å²) in [5, 5.41) is 4.11. The van der Waals surface area contributed by atoms with Gasteiger partial charge in [-0.1, -0.05) is 6.92 Å². The molecule has 0 aliphatic carbocycles. The van der Waals surface area contributed by atoms with Crippen molar-refractivity contribution in [3.63, 3.8) is 0 Å². The monoisotopic (exact) mass is 302 g/mol. The van der Waals surface area contributed by atoms with Gasteiger partial charge < -0.3 is 9.47 Å². The van der Waals surface area contributed by atoms with Crippen molar-refractivity contribution in [2.24, 2.45) is 5.10 Å². The van der Waals surface area contributed by atoms with Crippen molar-refractivity contribution in [2.45, 2.75) is 13.3 Å². The van der Waals surface area contributed by atoms with Crippen LogP contribution in [0.2, 0.25) is 0 Å². The number of methoxy groups -OCH3 is 1. The maximum Gasteiger partial charge on any atom is 0.161 e. The van der Waals surface area contributed by atoms with Crippen LogP contribution in [0.4, 0.5) is 10.1 Å². The predicted molar refractivity (Wildman–Crippen MR) is 86.4 cm³/mol. The number of ether oxygens (including phenoxy) is 2. The summed E-state index contributed by atoms with van der Waals surface area (Å²) < 4.78 is 23.7. The first kappa shape index (κ1) is 15.8. The Balaban J connectivity index is 2.02. The van der Waals surface area contributed by atoms with Gasteiger partial charge in [-0.25, -0.2) is 4.39 Å². The number of hydrogen-bond donors (Lipinski definition) is 1. The third-order valence-electron chi connectivity index (χ3n) is 2.90. The van der Waals surface area contributed by atoms with Crippen molar-refractivity contribution in [1.82, 2.24) is 0 Å². The molecule has 22 heavy (non-hydrogen) atoms. The first-order valence-corrected chi connectivity index (χ1v) is 7.08. The van der Waals surface area contributed by atoms with Gasteiger partial charge in [0.1, 0.15) is 5.82 Å². The fraction of sp³-hybridized carbons (Fsp3) is 0.235. The minimum Gasteiger partial charge on any atom is -0.493 e. The van der Waals surface area contributed by atoms with Crippen molar-refractivity contribution in [2.75, 3.05) is 19.1 Å². The summed E-state index contributed by atoms with van der Waals surface area (Å²) >= 11 is 0. The Bertz CT molecular complexity index is 627. The van der Waals surface area contributed by atoms with E-state index in [2.05, 4.69) is 17.5 Å². The van der Waals surface area contributed by atoms with E-state index >= 15 is 0 Å². The number of halogens is 1. The van der Waals surface area contributed by atoms with Crippen LogP contribution in [0.3, 0.4) is 0 Å². The minimum absolute atomic E-state index is 0.276. The molecule has 0 unspecified atom stereocenters. The van der Waals surface area contributed by atoms with Crippen molar-refractivity contribution in [3.05, 3.63) is 53.8 Å². The molecule has 0 fully saturated rings. The van der Waals surface area contributed by atoms with E-state index < -0.39 is 0 Å². The van der Waals surface area contributed by atoms with E-state index in [0.29, 0.717) is 23.8 Å². The van der Waals surface area contributed by atoms with Gasteiger partial charge in [-0.3, -0.25) is 5.43 Å². The molecule has 4 nitrogen and oxygen atoms in total. The van der Waals surface area contributed by atoms with Crippen LogP contribution in [0, 0.1) is 5.82 Å². The van der Waals surface area contributed by atoms with E-state index in [1.54, 1.807) is 25.5 Å². The van der Waals surface area contributed by atoms with Crippen LogP contribution < -0.4 is 14.9 Å². The lowest BCUT2D eigenvalue weighted by molar-refractivity contribution is 0.294. The van der Waals surface area contributed by atoms with Crippen molar-refractivity contribution in [1.29, 1.82) is 0 Å². The Kier molecular flexibility index (Phi) is 5.77. The Morgan fingerprint density at radius 3 is 2.59 bits per heavy atom. The van der Waals surface area contributed by atoms with Gasteiger partial charge in [0.05, 0.1) is 25.6 Å². The topological polar surface area (TPSA) is 42.8 Å². The van der Waals surface area contributed by atoms with Crippen molar-refractivity contribution < 1.29 is 13.9 Å². The Morgan fingerprint density at radius 2 is 1.91 bits per heavy atom. The van der Waals surface area contributed by atoms with Gasteiger partial charge >= 0.3 is 0 Å². The lowest BCUT2D eigenvalue weighted by Gasteiger charge is -2.10. The second-order valence-electron chi connectivity index (χ2n) is 4.64. The molecule has 2 rings (SSSR count). The highest BCUT2D eigenvalue weighted by Crippen LogP contribution is 2.27. The second-order valence-corrected chi connectivity index (χ2v) is 4.64. The number of nitrogens with zero attached hydrogens (tertiary/aromatic N) is 1. The molecule has 116 valence electrons. The predicted octanol–water partition coefficient (Wildman–Crippen LogP) is 4.07. The van der Waals surface area contributed by atoms with Crippen LogP contribution in [-0.4, -0.2) is 19.9 Å². The van der Waals surface area contributed by atoms with E-state index in [4.69, 9.17) is 9.47 Å². The van der Waals surface area contributed by atoms with E-state index in [0.717, 1.165) is 12.0 Å². The summed E-state index contributed by atoms with van der Waals surface area (Å²) in [6, 6.07) is 11.6. The van der Waals surface area contributed by atoms with Crippen LogP contribution in [0.15, 0.2) is 47.6 Å². The van der Waals surface area contributed by atoms with E-state index in [9.17, 15) is 4.39 Å². The molecule has 1 N–H and O–H groups in total. The lowest BCUT2D eigenvalue weighted by Crippen LogP contribution is -1.98. The third kappa shape index (κ3) is 4.48. The Hall–Kier alpha value is -2.56.